The number of H-pyrrole nitrogens is 1. The van der Waals surface area contributed by atoms with Crippen molar-refractivity contribution < 1.29 is 19.1 Å². The number of nitrogens with zero attached hydrogens (tertiary/aromatic N) is 3. The third-order valence-electron chi connectivity index (χ3n) is 4.48. The lowest BCUT2D eigenvalue weighted by atomic mass is 9.69. The zero-order valence-electron chi connectivity index (χ0n) is 14.2. The van der Waals surface area contributed by atoms with Crippen molar-refractivity contribution in [1.82, 2.24) is 19.5 Å². The molecule has 0 aliphatic heterocycles. The van der Waals surface area contributed by atoms with Gasteiger partial charge in [0, 0.05) is 31.7 Å². The maximum atomic E-state index is 12.0. The van der Waals surface area contributed by atoms with Gasteiger partial charge in [-0.1, -0.05) is 0 Å². The van der Waals surface area contributed by atoms with Crippen LogP contribution in [0.3, 0.4) is 0 Å². The van der Waals surface area contributed by atoms with Crippen LogP contribution in [0.15, 0.2) is 9.53 Å². The number of aromatic amines is 1. The lowest BCUT2D eigenvalue weighted by Gasteiger charge is -2.44. The van der Waals surface area contributed by atoms with Gasteiger partial charge in [0.1, 0.15) is 0 Å². The standard InChI is InChI=1S/C15H18BrN5O5/c1-6(22)25-4-8-3-10(9(8)5-26-7(2)23)21-12-11(18-14(21)16)13(24)20-15(17)19-12/h8-10H,3-5H2,1-2H3,(H3,17,19,20,24)/t8-,9-,10?/m1/s1. The molecular weight excluding hydrogens is 410 g/mol. The van der Waals surface area contributed by atoms with E-state index in [1.165, 1.54) is 13.8 Å². The number of carbonyl (C=O) groups is 2. The second kappa shape index (κ2) is 7.06. The van der Waals surface area contributed by atoms with Crippen LogP contribution in [0.5, 0.6) is 0 Å². The molecule has 1 aliphatic rings. The SMILES string of the molecule is CC(=O)OC[C@H]1CC(n2c(Br)nc3c(=O)[nH]c(N)nc32)[C@@H]1COC(C)=O. The van der Waals surface area contributed by atoms with E-state index in [2.05, 4.69) is 30.9 Å². The fourth-order valence-corrected chi connectivity index (χ4v) is 3.83. The maximum absolute atomic E-state index is 12.0. The predicted octanol–water partition coefficient (Wildman–Crippen LogP) is 0.768. The fraction of sp³-hybridized carbons (Fsp3) is 0.533. The van der Waals surface area contributed by atoms with Gasteiger partial charge in [-0.05, 0) is 22.4 Å². The van der Waals surface area contributed by atoms with Crippen LogP contribution in [0.4, 0.5) is 5.95 Å². The Balaban J connectivity index is 1.93. The average Bonchev–Trinajstić information content (AvgIpc) is 2.83. The van der Waals surface area contributed by atoms with Crippen molar-refractivity contribution in [3.63, 3.8) is 0 Å². The van der Waals surface area contributed by atoms with Crippen LogP contribution in [0, 0.1) is 11.8 Å². The first-order chi connectivity index (χ1) is 12.3. The van der Waals surface area contributed by atoms with Crippen LogP contribution in [-0.2, 0) is 19.1 Å². The first-order valence-electron chi connectivity index (χ1n) is 7.98. The molecule has 0 saturated heterocycles. The van der Waals surface area contributed by atoms with Gasteiger partial charge in [0.25, 0.3) is 5.56 Å². The van der Waals surface area contributed by atoms with Gasteiger partial charge in [-0.3, -0.25) is 23.9 Å². The summed E-state index contributed by atoms with van der Waals surface area (Å²) < 4.78 is 12.5. The summed E-state index contributed by atoms with van der Waals surface area (Å²) in [6, 6.07) is -0.136. The molecule has 1 fully saturated rings. The summed E-state index contributed by atoms with van der Waals surface area (Å²) in [5.74, 6) is -0.866. The zero-order chi connectivity index (χ0) is 19.0. The number of imidazole rings is 1. The molecule has 2 aromatic heterocycles. The number of carbonyl (C=O) groups excluding carboxylic acids is 2. The molecule has 140 valence electrons. The summed E-state index contributed by atoms with van der Waals surface area (Å²) in [5, 5.41) is 0. The highest BCUT2D eigenvalue weighted by atomic mass is 79.9. The number of anilines is 1. The van der Waals surface area contributed by atoms with E-state index in [-0.39, 0.29) is 48.5 Å². The van der Waals surface area contributed by atoms with Crippen LogP contribution in [0.25, 0.3) is 11.2 Å². The number of rotatable bonds is 5. The highest BCUT2D eigenvalue weighted by Crippen LogP contribution is 2.46. The number of fused-ring (bicyclic) bond motifs is 1. The molecule has 0 radical (unpaired) electrons. The summed E-state index contributed by atoms with van der Waals surface area (Å²) in [6.07, 6.45) is 0.650. The van der Waals surface area contributed by atoms with Crippen molar-refractivity contribution in [2.75, 3.05) is 18.9 Å². The van der Waals surface area contributed by atoms with Gasteiger partial charge in [-0.2, -0.15) is 4.98 Å². The van der Waals surface area contributed by atoms with E-state index in [1.807, 2.05) is 0 Å². The molecule has 0 bridgehead atoms. The number of ether oxygens (including phenoxy) is 2. The molecule has 2 aromatic rings. The first-order valence-corrected chi connectivity index (χ1v) is 8.77. The largest absolute Gasteiger partial charge is 0.466 e. The summed E-state index contributed by atoms with van der Waals surface area (Å²) in [4.78, 5) is 45.1. The molecule has 11 heteroatoms. The van der Waals surface area contributed by atoms with Gasteiger partial charge in [0.15, 0.2) is 15.9 Å². The van der Waals surface area contributed by atoms with Gasteiger partial charge in [-0.15, -0.1) is 0 Å². The molecule has 1 aliphatic carbocycles. The van der Waals surface area contributed by atoms with Gasteiger partial charge >= 0.3 is 11.9 Å². The molecule has 3 N–H and O–H groups in total. The minimum atomic E-state index is -0.431. The Bertz CT molecular complexity index is 923. The summed E-state index contributed by atoms with van der Waals surface area (Å²) >= 11 is 3.36. The minimum Gasteiger partial charge on any atom is -0.466 e. The van der Waals surface area contributed by atoms with Crippen LogP contribution < -0.4 is 11.3 Å². The molecule has 2 heterocycles. The van der Waals surface area contributed by atoms with Gasteiger partial charge in [-0.25, -0.2) is 4.98 Å². The van der Waals surface area contributed by atoms with Crippen molar-refractivity contribution >= 4 is 45.0 Å². The molecule has 3 atom stereocenters. The Morgan fingerprint density at radius 1 is 1.27 bits per heavy atom. The van der Waals surface area contributed by atoms with Crippen molar-refractivity contribution in [3.05, 3.63) is 15.1 Å². The molecule has 1 unspecified atom stereocenters. The Morgan fingerprint density at radius 2 is 1.92 bits per heavy atom. The normalized spacial score (nSPS) is 22.0. The van der Waals surface area contributed by atoms with Gasteiger partial charge in [0.05, 0.1) is 13.2 Å². The highest BCUT2D eigenvalue weighted by Gasteiger charge is 2.45. The van der Waals surface area contributed by atoms with Crippen molar-refractivity contribution in [3.8, 4) is 0 Å². The second-order valence-corrected chi connectivity index (χ2v) is 6.92. The zero-order valence-corrected chi connectivity index (χ0v) is 15.8. The number of hydrogen-bond donors (Lipinski definition) is 2. The molecule has 1 saturated carbocycles. The van der Waals surface area contributed by atoms with Crippen molar-refractivity contribution in [2.45, 2.75) is 26.3 Å². The summed E-state index contributed by atoms with van der Waals surface area (Å²) in [7, 11) is 0. The predicted molar refractivity (Wildman–Crippen MR) is 94.2 cm³/mol. The molecule has 0 aromatic carbocycles. The smallest absolute Gasteiger partial charge is 0.302 e. The molecule has 0 amide bonds. The molecule has 26 heavy (non-hydrogen) atoms. The van der Waals surface area contributed by atoms with Crippen molar-refractivity contribution in [2.24, 2.45) is 11.8 Å². The first kappa shape index (κ1) is 18.4. The minimum absolute atomic E-state index is 0.0107. The number of nitrogens with two attached hydrogens (primary N) is 1. The number of aromatic nitrogens is 4. The molecule has 10 nitrogen and oxygen atoms in total. The van der Waals surface area contributed by atoms with Crippen LogP contribution in [0.1, 0.15) is 26.3 Å². The maximum Gasteiger partial charge on any atom is 0.302 e. The average molecular weight is 428 g/mol. The van der Waals surface area contributed by atoms with Crippen LogP contribution in [0.2, 0.25) is 0 Å². The summed E-state index contributed by atoms with van der Waals surface area (Å²) in [5.41, 5.74) is 5.74. The van der Waals surface area contributed by atoms with E-state index in [0.29, 0.717) is 16.8 Å². The highest BCUT2D eigenvalue weighted by molar-refractivity contribution is 9.10. The Kier molecular flexibility index (Phi) is 4.99. The summed E-state index contributed by atoms with van der Waals surface area (Å²) in [6.45, 7) is 3.07. The van der Waals surface area contributed by atoms with E-state index >= 15 is 0 Å². The van der Waals surface area contributed by atoms with Gasteiger partial charge in [0.2, 0.25) is 5.95 Å². The lowest BCUT2D eigenvalue weighted by molar-refractivity contribution is -0.152. The second-order valence-electron chi connectivity index (χ2n) is 6.21. The molecule has 3 rings (SSSR count). The third kappa shape index (κ3) is 3.43. The van der Waals surface area contributed by atoms with Crippen LogP contribution >= 0.6 is 15.9 Å². The number of halogens is 1. The fourth-order valence-electron chi connectivity index (χ4n) is 3.22. The Morgan fingerprint density at radius 3 is 2.58 bits per heavy atom. The lowest BCUT2D eigenvalue weighted by Crippen LogP contribution is -2.44. The van der Waals surface area contributed by atoms with Gasteiger partial charge < -0.3 is 15.2 Å². The van der Waals surface area contributed by atoms with E-state index in [1.54, 1.807) is 4.57 Å². The number of esters is 2. The van der Waals surface area contributed by atoms with E-state index in [0.717, 1.165) is 0 Å². The Hall–Kier alpha value is -2.43. The molecule has 0 spiro atoms. The topological polar surface area (TPSA) is 142 Å². The van der Waals surface area contributed by atoms with E-state index in [4.69, 9.17) is 15.2 Å². The number of hydrogen-bond acceptors (Lipinski definition) is 8. The molecular formula is C15H18BrN5O5. The van der Waals surface area contributed by atoms with Crippen molar-refractivity contribution in [1.29, 1.82) is 0 Å². The van der Waals surface area contributed by atoms with Crippen LogP contribution in [-0.4, -0.2) is 44.7 Å². The van der Waals surface area contributed by atoms with E-state index in [9.17, 15) is 14.4 Å². The monoisotopic (exact) mass is 427 g/mol. The number of nitrogen functional groups attached to an aromatic ring is 1. The number of nitrogens with one attached hydrogen (secondary N) is 1. The Labute approximate surface area is 156 Å². The van der Waals surface area contributed by atoms with E-state index < -0.39 is 11.5 Å². The third-order valence-corrected chi connectivity index (χ3v) is 5.04. The quantitative estimate of drug-likeness (QED) is 0.525.